The van der Waals surface area contributed by atoms with Crippen LogP contribution in [0.4, 0.5) is 5.69 Å². The second kappa shape index (κ2) is 5.32. The molecule has 3 saturated heterocycles. The Morgan fingerprint density at radius 1 is 1.31 bits per heavy atom. The second-order valence-electron chi connectivity index (χ2n) is 9.04. The van der Waals surface area contributed by atoms with Crippen molar-refractivity contribution in [3.8, 4) is 0 Å². The van der Waals surface area contributed by atoms with Crippen molar-refractivity contribution >= 4 is 23.5 Å². The summed E-state index contributed by atoms with van der Waals surface area (Å²) in [6.07, 6.45) is 1.75. The Hall–Kier alpha value is -2.57. The normalized spacial score (nSPS) is 41.0. The van der Waals surface area contributed by atoms with Gasteiger partial charge in [-0.3, -0.25) is 14.4 Å². The zero-order chi connectivity index (χ0) is 20.1. The number of hydrogen-bond acceptors (Lipinski definition) is 6. The van der Waals surface area contributed by atoms with Gasteiger partial charge in [-0.25, -0.2) is 0 Å². The summed E-state index contributed by atoms with van der Waals surface area (Å²) < 4.78 is 11.5. The van der Waals surface area contributed by atoms with Gasteiger partial charge >= 0.3 is 11.9 Å². The molecule has 0 unspecified atom stereocenters. The van der Waals surface area contributed by atoms with Crippen molar-refractivity contribution in [1.29, 1.82) is 0 Å². The highest BCUT2D eigenvalue weighted by atomic mass is 16.6. The van der Waals surface area contributed by atoms with Gasteiger partial charge in [0, 0.05) is 17.8 Å². The van der Waals surface area contributed by atoms with Gasteiger partial charge in [0.15, 0.2) is 5.60 Å². The van der Waals surface area contributed by atoms with Crippen molar-refractivity contribution in [2.45, 2.75) is 43.4 Å². The highest BCUT2D eigenvalue weighted by molar-refractivity contribution is 5.93. The lowest BCUT2D eigenvalue weighted by Crippen LogP contribution is -2.80. The van der Waals surface area contributed by atoms with E-state index >= 15 is 0 Å². The van der Waals surface area contributed by atoms with E-state index in [1.54, 1.807) is 0 Å². The zero-order valence-electron chi connectivity index (χ0n) is 16.6. The van der Waals surface area contributed by atoms with Crippen molar-refractivity contribution in [3.63, 3.8) is 0 Å². The molecule has 1 aromatic carbocycles. The average Bonchev–Trinajstić information content (AvgIpc) is 3.15. The molecule has 6 atom stereocenters. The summed E-state index contributed by atoms with van der Waals surface area (Å²) in [6, 6.07) is 7.65. The van der Waals surface area contributed by atoms with Gasteiger partial charge in [-0.05, 0) is 24.3 Å². The number of methoxy groups -OCH3 is 1. The maximum atomic E-state index is 13.3. The number of benzene rings is 1. The number of carbonyl (C=O) groups excluding carboxylic acids is 3. The Morgan fingerprint density at radius 3 is 2.86 bits per heavy atom. The summed E-state index contributed by atoms with van der Waals surface area (Å²) in [5.74, 6) is -0.908. The van der Waals surface area contributed by atoms with Crippen molar-refractivity contribution in [2.75, 3.05) is 25.1 Å². The number of amides is 1. The molecule has 1 spiro atoms. The Kier molecular flexibility index (Phi) is 3.17. The molecule has 1 aliphatic carbocycles. The third kappa shape index (κ3) is 1.67. The summed E-state index contributed by atoms with van der Waals surface area (Å²) in [7, 11) is 1.41. The maximum Gasteiger partial charge on any atom is 0.313 e. The van der Waals surface area contributed by atoms with Crippen LogP contribution >= 0.6 is 0 Å². The molecule has 1 aromatic rings. The average molecular weight is 396 g/mol. The fraction of sp³-hybridized carbons (Fsp3) is 0.591. The van der Waals surface area contributed by atoms with Gasteiger partial charge in [0.25, 0.3) is 0 Å². The first kappa shape index (κ1) is 17.3. The third-order valence-corrected chi connectivity index (χ3v) is 8.33. The fourth-order valence-corrected chi connectivity index (χ4v) is 7.41. The lowest BCUT2D eigenvalue weighted by Gasteiger charge is -2.65. The number of piperidine rings is 1. The molecular weight excluding hydrogens is 372 g/mol. The molecule has 29 heavy (non-hydrogen) atoms. The first-order chi connectivity index (χ1) is 14.0. The van der Waals surface area contributed by atoms with E-state index in [4.69, 9.17) is 9.47 Å². The predicted molar refractivity (Wildman–Crippen MR) is 102 cm³/mol. The van der Waals surface area contributed by atoms with Gasteiger partial charge in [0.05, 0.1) is 26.1 Å². The number of esters is 2. The van der Waals surface area contributed by atoms with Crippen LogP contribution in [0, 0.1) is 17.8 Å². The monoisotopic (exact) mass is 396 g/mol. The van der Waals surface area contributed by atoms with Crippen molar-refractivity contribution in [3.05, 3.63) is 29.8 Å². The standard InChI is InChI=1S/C22H24N2O5/c1-3-12-10-23-16-8-13(12)19(20(27)28-2)22-14-6-4-5-7-15(14)24(11-17(23)25)21(16,22)9-18(26)29-22/h4-7,12-13,16,19H,3,8-11H2,1-2H3/t12-,13+,16+,19-,21+,22+/m1/s1. The number of piperazine rings is 1. The van der Waals surface area contributed by atoms with E-state index < -0.39 is 17.1 Å². The van der Waals surface area contributed by atoms with Crippen molar-refractivity contribution in [1.82, 2.24) is 4.90 Å². The minimum Gasteiger partial charge on any atom is -0.469 e. The van der Waals surface area contributed by atoms with Crippen molar-refractivity contribution < 1.29 is 23.9 Å². The van der Waals surface area contributed by atoms with Crippen LogP contribution in [-0.2, 0) is 29.5 Å². The van der Waals surface area contributed by atoms with Gasteiger partial charge in [-0.1, -0.05) is 31.5 Å². The minimum atomic E-state index is -1.10. The van der Waals surface area contributed by atoms with E-state index in [9.17, 15) is 14.4 Å². The van der Waals surface area contributed by atoms with Gasteiger partial charge < -0.3 is 19.3 Å². The summed E-state index contributed by atoms with van der Waals surface area (Å²) >= 11 is 0. The fourth-order valence-electron chi connectivity index (χ4n) is 7.41. The van der Waals surface area contributed by atoms with Gasteiger partial charge in [0.1, 0.15) is 11.5 Å². The molecule has 1 saturated carbocycles. The minimum absolute atomic E-state index is 0.00614. The number of rotatable bonds is 2. The molecule has 4 fully saturated rings. The van der Waals surface area contributed by atoms with E-state index in [1.165, 1.54) is 7.11 Å². The topological polar surface area (TPSA) is 76.2 Å². The maximum absolute atomic E-state index is 13.3. The van der Waals surface area contributed by atoms with E-state index in [1.807, 2.05) is 29.2 Å². The first-order valence-electron chi connectivity index (χ1n) is 10.5. The Labute approximate surface area is 168 Å². The molecule has 7 nitrogen and oxygen atoms in total. The molecule has 7 heteroatoms. The van der Waals surface area contributed by atoms with E-state index in [0.29, 0.717) is 13.0 Å². The molecule has 0 aromatic heterocycles. The number of anilines is 1. The van der Waals surface area contributed by atoms with Gasteiger partial charge in [0.2, 0.25) is 5.91 Å². The van der Waals surface area contributed by atoms with Crippen LogP contribution in [0.5, 0.6) is 0 Å². The molecule has 5 aliphatic rings. The molecule has 0 radical (unpaired) electrons. The zero-order valence-corrected chi connectivity index (χ0v) is 16.6. The predicted octanol–water partition coefficient (Wildman–Crippen LogP) is 1.45. The lowest BCUT2D eigenvalue weighted by molar-refractivity contribution is -0.206. The van der Waals surface area contributed by atoms with Crippen LogP contribution in [0.1, 0.15) is 31.7 Å². The van der Waals surface area contributed by atoms with E-state index in [0.717, 1.165) is 17.7 Å². The SMILES string of the molecule is CC[C@@H]1CN2C(=O)CN3c4ccccc4[C@@]45OC(=O)C[C@@]34[C@@H]2C[C@@H]1[C@@H]5C(=O)OC. The highest BCUT2D eigenvalue weighted by Gasteiger charge is 2.82. The van der Waals surface area contributed by atoms with Crippen LogP contribution in [0.15, 0.2) is 24.3 Å². The second-order valence-corrected chi connectivity index (χ2v) is 9.04. The van der Waals surface area contributed by atoms with E-state index in [-0.39, 0.29) is 48.7 Å². The molecular formula is C22H24N2O5. The number of ether oxygens (including phenoxy) is 2. The Balaban J connectivity index is 1.70. The number of nitrogens with zero attached hydrogens (tertiary/aromatic N) is 2. The molecule has 152 valence electrons. The van der Waals surface area contributed by atoms with Gasteiger partial charge in [-0.2, -0.15) is 0 Å². The van der Waals surface area contributed by atoms with Crippen molar-refractivity contribution in [2.24, 2.45) is 17.8 Å². The first-order valence-corrected chi connectivity index (χ1v) is 10.5. The van der Waals surface area contributed by atoms with Crippen LogP contribution in [-0.4, -0.2) is 54.5 Å². The third-order valence-electron chi connectivity index (χ3n) is 8.33. The lowest BCUT2D eigenvalue weighted by atomic mass is 9.51. The molecule has 1 amide bonds. The van der Waals surface area contributed by atoms with Gasteiger partial charge in [-0.15, -0.1) is 0 Å². The smallest absolute Gasteiger partial charge is 0.313 e. The highest BCUT2D eigenvalue weighted by Crippen LogP contribution is 2.70. The van der Waals surface area contributed by atoms with Crippen LogP contribution in [0.3, 0.4) is 0 Å². The van der Waals surface area contributed by atoms with Crippen LogP contribution in [0.25, 0.3) is 0 Å². The summed E-state index contributed by atoms with van der Waals surface area (Å²) in [5, 5.41) is 0. The van der Waals surface area contributed by atoms with Crippen LogP contribution < -0.4 is 4.90 Å². The Bertz CT molecular complexity index is 962. The summed E-state index contributed by atoms with van der Waals surface area (Å²) in [5.41, 5.74) is -0.0889. The largest absolute Gasteiger partial charge is 0.469 e. The quantitative estimate of drug-likeness (QED) is 0.705. The molecule has 0 N–H and O–H groups in total. The number of para-hydroxylation sites is 1. The summed E-state index contributed by atoms with van der Waals surface area (Å²) in [4.78, 5) is 43.4. The number of hydrogen-bond donors (Lipinski definition) is 0. The molecule has 4 aliphatic heterocycles. The molecule has 2 bridgehead atoms. The molecule has 6 rings (SSSR count). The summed E-state index contributed by atoms with van der Waals surface area (Å²) in [6.45, 7) is 2.94. The number of fused-ring (bicyclic) bond motifs is 3. The van der Waals surface area contributed by atoms with Crippen LogP contribution in [0.2, 0.25) is 0 Å². The Morgan fingerprint density at radius 2 is 2.10 bits per heavy atom. The van der Waals surface area contributed by atoms with E-state index in [2.05, 4.69) is 11.8 Å². The number of carbonyl (C=O) groups is 3. The molecule has 4 heterocycles.